The molecule has 0 saturated carbocycles. The van der Waals surface area contributed by atoms with E-state index in [1.54, 1.807) is 3.71 Å². The number of hydrogen-bond donors (Lipinski definition) is 4. The topological polar surface area (TPSA) is 95.7 Å². The minimum atomic E-state index is -1.03. The van der Waals surface area contributed by atoms with Crippen LogP contribution in [0.3, 0.4) is 0 Å². The van der Waals surface area contributed by atoms with Gasteiger partial charge in [0, 0.05) is 6.42 Å². The fraction of sp³-hybridized carbons (Fsp3) is 0.667. The zero-order chi connectivity index (χ0) is 10.7. The highest BCUT2D eigenvalue weighted by molar-refractivity contribution is 8.06. The van der Waals surface area contributed by atoms with Crippen LogP contribution < -0.4 is 11.1 Å². The number of carbonyl (C=O) groups excluding carboxylic acids is 1. The van der Waals surface area contributed by atoms with Crippen molar-refractivity contribution in [3.63, 3.8) is 0 Å². The Morgan fingerprint density at radius 1 is 1.79 bits per heavy atom. The molecule has 8 heteroatoms. The first-order chi connectivity index (χ1) is 6.50. The number of amides is 1. The molecule has 0 aromatic rings. The molecule has 0 aromatic heterocycles. The quantitative estimate of drug-likeness (QED) is 0.379. The standard InChI is InChI=1S/C6H11N3O3S2/c7-4(10)1-3(6(11)12)5-8-2-9(13)14-5/h3,5,8,13H,1-2H2,(H2,7,10)(H,11,12). The molecule has 1 saturated heterocycles. The molecule has 0 aromatic carbocycles. The SMILES string of the molecule is NC(=O)CC(C(=O)O)C1NCN(S)S1. The third-order valence-electron chi connectivity index (χ3n) is 1.77. The highest BCUT2D eigenvalue weighted by Gasteiger charge is 2.34. The first-order valence-electron chi connectivity index (χ1n) is 3.88. The summed E-state index contributed by atoms with van der Waals surface area (Å²) < 4.78 is 1.57. The minimum absolute atomic E-state index is 0.165. The van der Waals surface area contributed by atoms with Crippen LogP contribution in [0.2, 0.25) is 0 Å². The number of carboxylic acid groups (broad SMARTS) is 1. The van der Waals surface area contributed by atoms with Crippen molar-refractivity contribution >= 4 is 36.6 Å². The maximum atomic E-state index is 10.8. The van der Waals surface area contributed by atoms with Crippen LogP contribution >= 0.6 is 24.8 Å². The van der Waals surface area contributed by atoms with Gasteiger partial charge in [-0.3, -0.25) is 14.9 Å². The molecule has 1 rings (SSSR count). The van der Waals surface area contributed by atoms with Crippen molar-refractivity contribution in [3.8, 4) is 0 Å². The Morgan fingerprint density at radius 2 is 2.43 bits per heavy atom. The normalized spacial score (nSPS) is 24.8. The van der Waals surface area contributed by atoms with Crippen LogP contribution in [0.4, 0.5) is 0 Å². The second-order valence-electron chi connectivity index (χ2n) is 2.86. The number of rotatable bonds is 4. The van der Waals surface area contributed by atoms with E-state index in [1.807, 2.05) is 0 Å². The van der Waals surface area contributed by atoms with Gasteiger partial charge in [0.05, 0.1) is 18.0 Å². The molecule has 1 amide bonds. The molecule has 0 radical (unpaired) electrons. The number of nitrogens with zero attached hydrogens (tertiary/aromatic N) is 1. The van der Waals surface area contributed by atoms with Gasteiger partial charge in [-0.15, -0.1) is 0 Å². The largest absolute Gasteiger partial charge is 0.481 e. The molecule has 0 aliphatic carbocycles. The van der Waals surface area contributed by atoms with E-state index in [-0.39, 0.29) is 11.8 Å². The van der Waals surface area contributed by atoms with Crippen molar-refractivity contribution in [2.45, 2.75) is 11.8 Å². The summed E-state index contributed by atoms with van der Waals surface area (Å²) >= 11 is 5.27. The lowest BCUT2D eigenvalue weighted by molar-refractivity contribution is -0.143. The van der Waals surface area contributed by atoms with E-state index in [0.29, 0.717) is 6.67 Å². The molecular weight excluding hydrogens is 226 g/mol. The Labute approximate surface area is 90.9 Å². The smallest absolute Gasteiger partial charge is 0.309 e. The highest BCUT2D eigenvalue weighted by Crippen LogP contribution is 2.29. The van der Waals surface area contributed by atoms with Gasteiger partial charge in [0.1, 0.15) is 0 Å². The van der Waals surface area contributed by atoms with Gasteiger partial charge in [-0.1, -0.05) is 12.8 Å². The number of nitrogens with two attached hydrogens (primary N) is 1. The molecule has 4 N–H and O–H groups in total. The second-order valence-corrected chi connectivity index (χ2v) is 4.77. The van der Waals surface area contributed by atoms with Crippen LogP contribution in [-0.4, -0.2) is 32.7 Å². The molecule has 80 valence electrons. The van der Waals surface area contributed by atoms with E-state index in [9.17, 15) is 9.59 Å². The Hall–Kier alpha value is -0.440. The number of carbonyl (C=O) groups is 2. The van der Waals surface area contributed by atoms with Crippen LogP contribution in [-0.2, 0) is 9.59 Å². The molecular formula is C6H11N3O3S2. The Kier molecular flexibility index (Phi) is 4.05. The lowest BCUT2D eigenvalue weighted by Crippen LogP contribution is -2.36. The summed E-state index contributed by atoms with van der Waals surface area (Å²) in [6, 6.07) is 0. The average molecular weight is 237 g/mol. The lowest BCUT2D eigenvalue weighted by atomic mass is 10.1. The molecule has 2 unspecified atom stereocenters. The first kappa shape index (κ1) is 11.6. The van der Waals surface area contributed by atoms with E-state index in [0.717, 1.165) is 0 Å². The Morgan fingerprint density at radius 3 is 2.79 bits per heavy atom. The molecule has 0 bridgehead atoms. The van der Waals surface area contributed by atoms with Gasteiger partial charge >= 0.3 is 5.97 Å². The molecule has 0 spiro atoms. The van der Waals surface area contributed by atoms with E-state index < -0.39 is 17.8 Å². The Balaban J connectivity index is 2.58. The van der Waals surface area contributed by atoms with Gasteiger partial charge in [-0.2, -0.15) is 3.71 Å². The monoisotopic (exact) mass is 237 g/mol. The fourth-order valence-electron chi connectivity index (χ4n) is 1.13. The molecule has 1 fully saturated rings. The van der Waals surface area contributed by atoms with Gasteiger partial charge in [-0.05, 0) is 11.9 Å². The Bertz CT molecular complexity index is 250. The number of hydrogen-bond acceptors (Lipinski definition) is 6. The van der Waals surface area contributed by atoms with Crippen molar-refractivity contribution in [3.05, 3.63) is 0 Å². The summed E-state index contributed by atoms with van der Waals surface area (Å²) in [7, 11) is 0. The molecule has 14 heavy (non-hydrogen) atoms. The summed E-state index contributed by atoms with van der Waals surface area (Å²) in [5.74, 6) is -2.45. The predicted octanol–water partition coefficient (Wildman–Crippen LogP) is -0.756. The molecule has 1 aliphatic rings. The molecule has 1 aliphatic heterocycles. The van der Waals surface area contributed by atoms with Crippen LogP contribution in [0.1, 0.15) is 6.42 Å². The van der Waals surface area contributed by atoms with Gasteiger partial charge in [0.2, 0.25) is 5.91 Å². The van der Waals surface area contributed by atoms with Crippen molar-refractivity contribution in [1.82, 2.24) is 9.03 Å². The van der Waals surface area contributed by atoms with Gasteiger partial charge in [-0.25, -0.2) is 0 Å². The summed E-state index contributed by atoms with van der Waals surface area (Å²) in [4.78, 5) is 21.5. The minimum Gasteiger partial charge on any atom is -0.481 e. The van der Waals surface area contributed by atoms with Crippen molar-refractivity contribution in [1.29, 1.82) is 0 Å². The van der Waals surface area contributed by atoms with Crippen molar-refractivity contribution < 1.29 is 14.7 Å². The van der Waals surface area contributed by atoms with E-state index in [4.69, 9.17) is 10.8 Å². The summed E-state index contributed by atoms with van der Waals surface area (Å²) in [6.45, 7) is 0.473. The molecule has 6 nitrogen and oxygen atoms in total. The zero-order valence-electron chi connectivity index (χ0n) is 7.21. The third kappa shape index (κ3) is 3.05. The number of thiol groups is 1. The molecule has 2 atom stereocenters. The zero-order valence-corrected chi connectivity index (χ0v) is 8.92. The first-order valence-corrected chi connectivity index (χ1v) is 5.12. The molecule has 1 heterocycles. The van der Waals surface area contributed by atoms with Crippen LogP contribution in [0.5, 0.6) is 0 Å². The fourth-order valence-corrected chi connectivity index (χ4v) is 2.44. The number of nitrogens with one attached hydrogen (secondary N) is 1. The number of aliphatic carboxylic acids is 1. The number of carboxylic acids is 1. The highest BCUT2D eigenvalue weighted by atomic mass is 32.2. The maximum Gasteiger partial charge on any atom is 0.309 e. The van der Waals surface area contributed by atoms with Crippen LogP contribution in [0.25, 0.3) is 0 Å². The maximum absolute atomic E-state index is 10.8. The van der Waals surface area contributed by atoms with E-state index >= 15 is 0 Å². The predicted molar refractivity (Wildman–Crippen MR) is 55.1 cm³/mol. The summed E-state index contributed by atoms with van der Waals surface area (Å²) in [5.41, 5.74) is 4.96. The van der Waals surface area contributed by atoms with E-state index in [1.165, 1.54) is 11.9 Å². The van der Waals surface area contributed by atoms with E-state index in [2.05, 4.69) is 18.1 Å². The summed E-state index contributed by atoms with van der Waals surface area (Å²) in [5, 5.41) is 11.4. The van der Waals surface area contributed by atoms with Gasteiger partial charge in [0.15, 0.2) is 0 Å². The third-order valence-corrected chi connectivity index (χ3v) is 3.29. The summed E-state index contributed by atoms with van der Waals surface area (Å²) in [6.07, 6.45) is -0.165. The van der Waals surface area contributed by atoms with Crippen molar-refractivity contribution in [2.24, 2.45) is 11.7 Å². The average Bonchev–Trinajstić information content (AvgIpc) is 2.46. The van der Waals surface area contributed by atoms with Crippen LogP contribution in [0, 0.1) is 5.92 Å². The van der Waals surface area contributed by atoms with Crippen molar-refractivity contribution in [2.75, 3.05) is 6.67 Å². The second kappa shape index (κ2) is 4.87. The van der Waals surface area contributed by atoms with Gasteiger partial charge < -0.3 is 10.8 Å². The lowest BCUT2D eigenvalue weighted by Gasteiger charge is -2.16. The van der Waals surface area contributed by atoms with Gasteiger partial charge in [0.25, 0.3) is 0 Å². The van der Waals surface area contributed by atoms with Crippen LogP contribution in [0.15, 0.2) is 0 Å². The number of primary amides is 1.